The number of imide groups is 1. The van der Waals surface area contributed by atoms with Gasteiger partial charge in [-0.25, -0.2) is 9.79 Å². The number of amides is 3. The lowest BCUT2D eigenvalue weighted by molar-refractivity contribution is -0.136. The Bertz CT molecular complexity index is 865. The minimum absolute atomic E-state index is 0.199. The van der Waals surface area contributed by atoms with E-state index >= 15 is 0 Å². The number of carbonyl (C=O) groups excluding carboxylic acids is 2. The summed E-state index contributed by atoms with van der Waals surface area (Å²) in [7, 11) is 3.33. The lowest BCUT2D eigenvalue weighted by atomic mass is 10.1. The maximum Gasteiger partial charge on any atom is 0.328 e. The molecule has 0 N–H and O–H groups in total. The van der Waals surface area contributed by atoms with Crippen LogP contribution in [-0.2, 0) is 4.79 Å². The van der Waals surface area contributed by atoms with E-state index in [0.717, 1.165) is 17.8 Å². The zero-order valence-corrected chi connectivity index (χ0v) is 15.9. The normalized spacial score (nSPS) is 24.1. The van der Waals surface area contributed by atoms with E-state index in [1.807, 2.05) is 54.1 Å². The van der Waals surface area contributed by atoms with E-state index in [9.17, 15) is 9.59 Å². The first-order valence-electron chi connectivity index (χ1n) is 9.05. The number of methoxy groups -OCH3 is 1. The number of allylic oxidation sites excluding steroid dienone is 1. The summed E-state index contributed by atoms with van der Waals surface area (Å²) < 4.78 is 5.50. The molecule has 0 spiro atoms. The van der Waals surface area contributed by atoms with Crippen molar-refractivity contribution in [3.8, 4) is 5.75 Å². The summed E-state index contributed by atoms with van der Waals surface area (Å²) in [6.07, 6.45) is 2.11. The maximum atomic E-state index is 13.1. The summed E-state index contributed by atoms with van der Waals surface area (Å²) in [6.45, 7) is 4.33. The number of hydrogen-bond donors (Lipinski definition) is 0. The molecule has 142 valence electrons. The number of aliphatic imine (C=N–C) groups is 1. The number of ether oxygens (including phenoxy) is 1. The molecule has 0 aliphatic carbocycles. The van der Waals surface area contributed by atoms with Gasteiger partial charge in [0.1, 0.15) is 5.75 Å². The van der Waals surface area contributed by atoms with E-state index in [-0.39, 0.29) is 11.9 Å². The van der Waals surface area contributed by atoms with Crippen molar-refractivity contribution in [3.05, 3.63) is 36.2 Å². The fourth-order valence-corrected chi connectivity index (χ4v) is 3.90. The van der Waals surface area contributed by atoms with Gasteiger partial charge in [0.15, 0.2) is 12.2 Å². The predicted octanol–water partition coefficient (Wildman–Crippen LogP) is 2.05. The molecule has 8 nitrogen and oxygen atoms in total. The fourth-order valence-electron chi connectivity index (χ4n) is 3.90. The van der Waals surface area contributed by atoms with E-state index in [2.05, 4.69) is 0 Å². The molecule has 0 bridgehead atoms. The maximum absolute atomic E-state index is 13.1. The van der Waals surface area contributed by atoms with E-state index in [1.54, 1.807) is 19.1 Å². The van der Waals surface area contributed by atoms with Crippen molar-refractivity contribution in [2.45, 2.75) is 32.5 Å². The van der Waals surface area contributed by atoms with Crippen molar-refractivity contribution < 1.29 is 14.3 Å². The number of fused-ring (bicyclic) bond motifs is 3. The van der Waals surface area contributed by atoms with Crippen LogP contribution >= 0.6 is 0 Å². The van der Waals surface area contributed by atoms with Crippen LogP contribution in [0.25, 0.3) is 0 Å². The molecule has 3 heterocycles. The second-order valence-electron chi connectivity index (χ2n) is 6.86. The Morgan fingerprint density at radius 3 is 2.67 bits per heavy atom. The number of hydrogen-bond acceptors (Lipinski definition) is 6. The average Bonchev–Trinajstić information content (AvgIpc) is 3.18. The van der Waals surface area contributed by atoms with Crippen LogP contribution in [0.2, 0.25) is 0 Å². The number of anilines is 1. The first-order chi connectivity index (χ1) is 13.0. The van der Waals surface area contributed by atoms with Crippen LogP contribution in [0.3, 0.4) is 0 Å². The minimum Gasteiger partial charge on any atom is -0.495 e. The van der Waals surface area contributed by atoms with E-state index < -0.39 is 12.2 Å². The molecule has 3 aliphatic heterocycles. The van der Waals surface area contributed by atoms with Crippen molar-refractivity contribution in [1.29, 1.82) is 0 Å². The Kier molecular flexibility index (Phi) is 4.05. The predicted molar refractivity (Wildman–Crippen MR) is 101 cm³/mol. The molecule has 1 aromatic carbocycles. The van der Waals surface area contributed by atoms with Crippen LogP contribution in [0, 0.1) is 0 Å². The van der Waals surface area contributed by atoms with Crippen molar-refractivity contribution in [1.82, 2.24) is 14.7 Å². The van der Waals surface area contributed by atoms with Gasteiger partial charge < -0.3 is 14.5 Å². The lowest BCUT2D eigenvalue weighted by Crippen LogP contribution is -2.64. The molecule has 1 fully saturated rings. The number of benzene rings is 1. The number of guanidine groups is 1. The van der Waals surface area contributed by atoms with Gasteiger partial charge in [-0.3, -0.25) is 14.6 Å². The van der Waals surface area contributed by atoms with Crippen molar-refractivity contribution in [2.24, 2.45) is 4.99 Å². The molecular formula is C19H23N5O3. The van der Waals surface area contributed by atoms with Gasteiger partial charge in [-0.15, -0.1) is 0 Å². The number of urea groups is 1. The van der Waals surface area contributed by atoms with E-state index in [1.165, 1.54) is 4.90 Å². The summed E-state index contributed by atoms with van der Waals surface area (Å²) in [5, 5.41) is 0. The minimum atomic E-state index is -0.538. The molecule has 8 heteroatoms. The first-order valence-corrected chi connectivity index (χ1v) is 9.05. The molecule has 1 saturated heterocycles. The van der Waals surface area contributed by atoms with Crippen LogP contribution in [0.1, 0.15) is 20.3 Å². The highest BCUT2D eigenvalue weighted by Crippen LogP contribution is 2.39. The van der Waals surface area contributed by atoms with Gasteiger partial charge in [-0.05, 0) is 25.5 Å². The first kappa shape index (κ1) is 17.4. The second-order valence-corrected chi connectivity index (χ2v) is 6.86. The topological polar surface area (TPSA) is 68.7 Å². The van der Waals surface area contributed by atoms with Gasteiger partial charge in [0.05, 0.1) is 12.8 Å². The third-order valence-electron chi connectivity index (χ3n) is 5.16. The van der Waals surface area contributed by atoms with Crippen LogP contribution in [0.4, 0.5) is 10.5 Å². The Morgan fingerprint density at radius 1 is 1.22 bits per heavy atom. The molecule has 0 aromatic heterocycles. The standard InChI is InChI=1S/C19H23N5O3/c1-5-10-22-17(25)15-16(21(3)19(22)26)20-18-23(15)11-12(2)24(18)13-8-6-7-9-14(13)27-4/h6-9,11,15-16H,5,10H2,1-4H3. The molecule has 27 heavy (non-hydrogen) atoms. The van der Waals surface area contributed by atoms with Gasteiger partial charge in [-0.2, -0.15) is 0 Å². The second kappa shape index (κ2) is 6.29. The molecule has 1 aromatic rings. The molecule has 3 amide bonds. The monoisotopic (exact) mass is 369 g/mol. The van der Waals surface area contributed by atoms with Crippen molar-refractivity contribution in [2.75, 3.05) is 25.6 Å². The molecule has 2 unspecified atom stereocenters. The molecular weight excluding hydrogens is 346 g/mol. The quantitative estimate of drug-likeness (QED) is 0.813. The van der Waals surface area contributed by atoms with Gasteiger partial charge in [-0.1, -0.05) is 19.1 Å². The molecule has 0 radical (unpaired) electrons. The largest absolute Gasteiger partial charge is 0.495 e. The van der Waals surface area contributed by atoms with Crippen LogP contribution in [0.5, 0.6) is 5.75 Å². The Labute approximate surface area is 158 Å². The van der Waals surface area contributed by atoms with Gasteiger partial charge in [0, 0.05) is 25.5 Å². The van der Waals surface area contributed by atoms with Crippen LogP contribution in [0.15, 0.2) is 41.2 Å². The third kappa shape index (κ3) is 2.39. The Morgan fingerprint density at radius 2 is 1.96 bits per heavy atom. The molecule has 2 atom stereocenters. The van der Waals surface area contributed by atoms with Gasteiger partial charge >= 0.3 is 6.03 Å². The summed E-state index contributed by atoms with van der Waals surface area (Å²) in [6, 6.07) is 6.84. The molecule has 0 saturated carbocycles. The number of rotatable bonds is 4. The molecule has 3 aliphatic rings. The van der Waals surface area contributed by atoms with Crippen molar-refractivity contribution >= 4 is 23.6 Å². The zero-order chi connectivity index (χ0) is 19.3. The lowest BCUT2D eigenvalue weighted by Gasteiger charge is -2.40. The number of nitrogens with zero attached hydrogens (tertiary/aromatic N) is 5. The SMILES string of the molecule is CCCN1C(=O)C2C(N=C3N(c4ccccc4OC)C(C)=CN32)N(C)C1=O. The Balaban J connectivity index is 1.75. The number of carbonyl (C=O) groups is 2. The number of likely N-dealkylation sites (N-methyl/N-ethyl adjacent to an activating group) is 1. The Hall–Kier alpha value is -3.03. The van der Waals surface area contributed by atoms with Gasteiger partial charge in [0.2, 0.25) is 5.96 Å². The fraction of sp³-hybridized carbons (Fsp3) is 0.421. The van der Waals surface area contributed by atoms with Crippen LogP contribution in [-0.4, -0.2) is 65.5 Å². The summed E-state index contributed by atoms with van der Waals surface area (Å²) in [5.74, 6) is 1.15. The summed E-state index contributed by atoms with van der Waals surface area (Å²) >= 11 is 0. The average molecular weight is 369 g/mol. The highest BCUT2D eigenvalue weighted by atomic mass is 16.5. The summed E-state index contributed by atoms with van der Waals surface area (Å²) in [4.78, 5) is 37.1. The smallest absolute Gasteiger partial charge is 0.328 e. The third-order valence-corrected chi connectivity index (χ3v) is 5.16. The van der Waals surface area contributed by atoms with Crippen LogP contribution < -0.4 is 9.64 Å². The van der Waals surface area contributed by atoms with E-state index in [0.29, 0.717) is 18.3 Å². The summed E-state index contributed by atoms with van der Waals surface area (Å²) in [5.41, 5.74) is 1.78. The zero-order valence-electron chi connectivity index (χ0n) is 15.9. The highest BCUT2D eigenvalue weighted by molar-refractivity contribution is 6.10. The molecule has 4 rings (SSSR count). The van der Waals surface area contributed by atoms with E-state index in [4.69, 9.17) is 9.73 Å². The highest BCUT2D eigenvalue weighted by Gasteiger charge is 2.54. The van der Waals surface area contributed by atoms with Crippen molar-refractivity contribution in [3.63, 3.8) is 0 Å². The number of para-hydroxylation sites is 2. The van der Waals surface area contributed by atoms with Gasteiger partial charge in [0.25, 0.3) is 5.91 Å².